The molecule has 0 aliphatic rings. The van der Waals surface area contributed by atoms with Crippen molar-refractivity contribution in [3.63, 3.8) is 0 Å². The van der Waals surface area contributed by atoms with Crippen molar-refractivity contribution < 1.29 is 4.79 Å². The lowest BCUT2D eigenvalue weighted by atomic mass is 10.1. The molecule has 0 spiro atoms. The molecule has 2 rings (SSSR count). The van der Waals surface area contributed by atoms with Crippen LogP contribution in [-0.2, 0) is 6.42 Å². The number of hydrogen-bond donors (Lipinski definition) is 0. The van der Waals surface area contributed by atoms with Gasteiger partial charge >= 0.3 is 0 Å². The molecule has 0 unspecified atom stereocenters. The fourth-order valence-corrected chi connectivity index (χ4v) is 2.27. The van der Waals surface area contributed by atoms with Crippen molar-refractivity contribution in [2.45, 2.75) is 26.7 Å². The average molecular weight is 281 g/mol. The van der Waals surface area contributed by atoms with Crippen molar-refractivity contribution in [2.24, 2.45) is 0 Å². The van der Waals surface area contributed by atoms with Crippen LogP contribution in [0.25, 0.3) is 0 Å². The standard InChI is InChI=1S/C19H23NO/c1-4-16-7-11-18(12-8-16)20(3)14-13-19(21)17-9-5-15(2)6-10-17/h5-12H,4,13-14H2,1-3H3. The van der Waals surface area contributed by atoms with Crippen molar-refractivity contribution in [3.05, 3.63) is 65.2 Å². The minimum Gasteiger partial charge on any atom is -0.374 e. The molecule has 0 N–H and O–H groups in total. The van der Waals surface area contributed by atoms with Gasteiger partial charge in [-0.05, 0) is 31.0 Å². The summed E-state index contributed by atoms with van der Waals surface area (Å²) in [6.45, 7) is 4.92. The highest BCUT2D eigenvalue weighted by molar-refractivity contribution is 5.96. The van der Waals surface area contributed by atoms with Gasteiger partial charge in [0.15, 0.2) is 5.78 Å². The van der Waals surface area contributed by atoms with Gasteiger partial charge in [0.2, 0.25) is 0 Å². The van der Waals surface area contributed by atoms with E-state index in [2.05, 4.69) is 36.1 Å². The fraction of sp³-hybridized carbons (Fsp3) is 0.316. The first-order valence-corrected chi connectivity index (χ1v) is 7.50. The lowest BCUT2D eigenvalue weighted by molar-refractivity contribution is 0.0985. The number of anilines is 1. The van der Waals surface area contributed by atoms with Crippen LogP contribution >= 0.6 is 0 Å². The zero-order valence-corrected chi connectivity index (χ0v) is 13.1. The second-order valence-electron chi connectivity index (χ2n) is 5.48. The number of Topliss-reactive ketones (excluding diaryl/α,β-unsaturated/α-hetero) is 1. The van der Waals surface area contributed by atoms with Gasteiger partial charge in [-0.3, -0.25) is 4.79 Å². The fourth-order valence-electron chi connectivity index (χ4n) is 2.27. The summed E-state index contributed by atoms with van der Waals surface area (Å²) < 4.78 is 0. The minimum absolute atomic E-state index is 0.201. The molecule has 0 atom stereocenters. The molecule has 2 aromatic rings. The zero-order valence-electron chi connectivity index (χ0n) is 13.1. The summed E-state index contributed by atoms with van der Waals surface area (Å²) in [6.07, 6.45) is 1.59. The summed E-state index contributed by atoms with van der Waals surface area (Å²) in [5, 5.41) is 0. The van der Waals surface area contributed by atoms with Gasteiger partial charge in [-0.15, -0.1) is 0 Å². The smallest absolute Gasteiger partial charge is 0.164 e. The van der Waals surface area contributed by atoms with Crippen molar-refractivity contribution in [2.75, 3.05) is 18.5 Å². The molecule has 0 aliphatic carbocycles. The van der Waals surface area contributed by atoms with E-state index in [4.69, 9.17) is 0 Å². The first-order valence-electron chi connectivity index (χ1n) is 7.50. The molecule has 0 saturated heterocycles. The Labute approximate surface area is 127 Å². The Bertz CT molecular complexity index is 584. The second kappa shape index (κ2) is 7.07. The molecule has 0 saturated carbocycles. The van der Waals surface area contributed by atoms with Crippen molar-refractivity contribution in [1.82, 2.24) is 0 Å². The van der Waals surface area contributed by atoms with Crippen LogP contribution in [0.4, 0.5) is 5.69 Å². The molecular weight excluding hydrogens is 258 g/mol. The number of rotatable bonds is 6. The van der Waals surface area contributed by atoms with Gasteiger partial charge in [0.25, 0.3) is 0 Å². The lowest BCUT2D eigenvalue weighted by Crippen LogP contribution is -2.21. The SMILES string of the molecule is CCc1ccc(N(C)CCC(=O)c2ccc(C)cc2)cc1. The van der Waals surface area contributed by atoms with Crippen molar-refractivity contribution in [3.8, 4) is 0 Å². The Balaban J connectivity index is 1.92. The zero-order chi connectivity index (χ0) is 15.2. The van der Waals surface area contributed by atoms with E-state index in [0.29, 0.717) is 6.42 Å². The van der Waals surface area contributed by atoms with Gasteiger partial charge in [0.1, 0.15) is 0 Å². The van der Waals surface area contributed by atoms with Gasteiger partial charge in [-0.25, -0.2) is 0 Å². The summed E-state index contributed by atoms with van der Waals surface area (Å²) in [7, 11) is 2.03. The van der Waals surface area contributed by atoms with E-state index in [1.807, 2.05) is 38.2 Å². The van der Waals surface area contributed by atoms with E-state index < -0.39 is 0 Å². The summed E-state index contributed by atoms with van der Waals surface area (Å²) in [6, 6.07) is 16.3. The van der Waals surface area contributed by atoms with E-state index in [0.717, 1.165) is 24.2 Å². The third-order valence-electron chi connectivity index (χ3n) is 3.83. The number of carbonyl (C=O) groups is 1. The van der Waals surface area contributed by atoms with E-state index in [1.54, 1.807) is 0 Å². The van der Waals surface area contributed by atoms with Gasteiger partial charge in [0, 0.05) is 31.3 Å². The molecule has 2 heteroatoms. The average Bonchev–Trinajstić information content (AvgIpc) is 2.53. The van der Waals surface area contributed by atoms with Crippen LogP contribution in [0.15, 0.2) is 48.5 Å². The number of nitrogens with zero attached hydrogens (tertiary/aromatic N) is 1. The Hall–Kier alpha value is -2.09. The molecule has 0 amide bonds. The monoisotopic (exact) mass is 281 g/mol. The van der Waals surface area contributed by atoms with Crippen LogP contribution in [0.1, 0.15) is 34.8 Å². The van der Waals surface area contributed by atoms with Gasteiger partial charge in [0.05, 0.1) is 0 Å². The maximum Gasteiger partial charge on any atom is 0.164 e. The Morgan fingerprint density at radius 1 is 1.00 bits per heavy atom. The van der Waals surface area contributed by atoms with E-state index in [1.165, 1.54) is 11.1 Å². The first kappa shape index (κ1) is 15.3. The first-order chi connectivity index (χ1) is 10.1. The summed E-state index contributed by atoms with van der Waals surface area (Å²) in [5.74, 6) is 0.201. The van der Waals surface area contributed by atoms with Crippen LogP contribution in [0.3, 0.4) is 0 Å². The van der Waals surface area contributed by atoms with Gasteiger partial charge in [-0.2, -0.15) is 0 Å². The summed E-state index contributed by atoms with van der Waals surface area (Å²) in [4.78, 5) is 14.3. The molecule has 0 fully saturated rings. The molecule has 0 bridgehead atoms. The molecule has 110 valence electrons. The Kier molecular flexibility index (Phi) is 5.15. The largest absolute Gasteiger partial charge is 0.374 e. The maximum absolute atomic E-state index is 12.2. The van der Waals surface area contributed by atoms with Gasteiger partial charge < -0.3 is 4.90 Å². The highest BCUT2D eigenvalue weighted by Gasteiger charge is 2.08. The number of benzene rings is 2. The highest BCUT2D eigenvalue weighted by atomic mass is 16.1. The quantitative estimate of drug-likeness (QED) is 0.737. The molecule has 0 aliphatic heterocycles. The molecule has 2 nitrogen and oxygen atoms in total. The van der Waals surface area contributed by atoms with Crippen LogP contribution < -0.4 is 4.90 Å². The third-order valence-corrected chi connectivity index (χ3v) is 3.83. The number of ketones is 1. The van der Waals surface area contributed by atoms with E-state index in [9.17, 15) is 4.79 Å². The van der Waals surface area contributed by atoms with E-state index in [-0.39, 0.29) is 5.78 Å². The molecule has 2 aromatic carbocycles. The van der Waals surface area contributed by atoms with E-state index >= 15 is 0 Å². The molecule has 0 heterocycles. The van der Waals surface area contributed by atoms with Crippen molar-refractivity contribution in [1.29, 1.82) is 0 Å². The molecule has 21 heavy (non-hydrogen) atoms. The Morgan fingerprint density at radius 2 is 1.62 bits per heavy atom. The number of hydrogen-bond acceptors (Lipinski definition) is 2. The Morgan fingerprint density at radius 3 is 2.19 bits per heavy atom. The van der Waals surface area contributed by atoms with Crippen LogP contribution in [0, 0.1) is 6.92 Å². The van der Waals surface area contributed by atoms with Gasteiger partial charge in [-0.1, -0.05) is 48.9 Å². The highest BCUT2D eigenvalue weighted by Crippen LogP contribution is 2.15. The predicted molar refractivity (Wildman–Crippen MR) is 89.2 cm³/mol. The van der Waals surface area contributed by atoms with Crippen molar-refractivity contribution >= 4 is 11.5 Å². The molecular formula is C19H23NO. The predicted octanol–water partition coefficient (Wildman–Crippen LogP) is 4.27. The maximum atomic E-state index is 12.2. The van der Waals surface area contributed by atoms with Crippen LogP contribution in [0.5, 0.6) is 0 Å². The molecule has 0 aromatic heterocycles. The minimum atomic E-state index is 0.201. The van der Waals surface area contributed by atoms with Crippen LogP contribution in [-0.4, -0.2) is 19.4 Å². The topological polar surface area (TPSA) is 20.3 Å². The number of aryl methyl sites for hydroxylation is 2. The summed E-state index contributed by atoms with van der Waals surface area (Å²) in [5.41, 5.74) is 4.47. The van der Waals surface area contributed by atoms with Crippen LogP contribution in [0.2, 0.25) is 0 Å². The lowest BCUT2D eigenvalue weighted by Gasteiger charge is -2.19. The normalized spacial score (nSPS) is 10.4. The summed E-state index contributed by atoms with van der Waals surface area (Å²) >= 11 is 0. The second-order valence-corrected chi connectivity index (χ2v) is 5.48. The number of carbonyl (C=O) groups excluding carboxylic acids is 1. The third kappa shape index (κ3) is 4.19. The molecule has 0 radical (unpaired) electrons.